The molecule has 174 valence electrons. The number of hydrogen-bond acceptors (Lipinski definition) is 8. The predicted molar refractivity (Wildman–Crippen MR) is 123 cm³/mol. The van der Waals surface area contributed by atoms with Gasteiger partial charge < -0.3 is 15.0 Å². The number of carbonyl (C=O) groups is 1. The van der Waals surface area contributed by atoms with Gasteiger partial charge in [-0.2, -0.15) is 0 Å². The highest BCUT2D eigenvalue weighted by Crippen LogP contribution is 2.23. The van der Waals surface area contributed by atoms with Crippen molar-refractivity contribution in [2.45, 2.75) is 16.3 Å². The first-order valence-electron chi connectivity index (χ1n) is 10.7. The molecule has 0 saturated carbocycles. The number of pyridine rings is 1. The number of morpholine rings is 1. The van der Waals surface area contributed by atoms with Gasteiger partial charge in [0.15, 0.2) is 0 Å². The molecule has 1 N–H and O–H groups in total. The number of sulfone groups is 1. The highest BCUT2D eigenvalue weighted by Gasteiger charge is 2.20. The molecule has 4 aromatic rings. The van der Waals surface area contributed by atoms with E-state index in [-0.39, 0.29) is 22.2 Å². The number of aromatic nitrogens is 4. The Hall–Kier alpha value is -3.83. The van der Waals surface area contributed by atoms with Crippen molar-refractivity contribution in [1.82, 2.24) is 24.7 Å². The highest BCUT2D eigenvalue weighted by atomic mass is 32.2. The summed E-state index contributed by atoms with van der Waals surface area (Å²) >= 11 is 0. The van der Waals surface area contributed by atoms with E-state index in [1.54, 1.807) is 47.3 Å². The smallest absolute Gasteiger partial charge is 0.254 e. The largest absolute Gasteiger partial charge is 0.378 e. The minimum Gasteiger partial charge on any atom is -0.378 e. The van der Waals surface area contributed by atoms with Crippen molar-refractivity contribution in [2.24, 2.45) is 0 Å². The lowest BCUT2D eigenvalue weighted by Gasteiger charge is -2.27. The number of nitrogens with one attached hydrogen (secondary N) is 1. The molecule has 1 saturated heterocycles. The van der Waals surface area contributed by atoms with Crippen molar-refractivity contribution in [3.63, 3.8) is 0 Å². The van der Waals surface area contributed by atoms with Gasteiger partial charge in [0, 0.05) is 50.6 Å². The SMILES string of the molecule is O=C(NCc1ccc(S(=O)(=O)c2ccc(N3CCOCC3)nc2)cc1)c1cnc2nccn2c1. The minimum absolute atomic E-state index is 0.132. The fourth-order valence-electron chi connectivity index (χ4n) is 3.65. The number of hydrogen-bond donors (Lipinski definition) is 1. The van der Waals surface area contributed by atoms with Crippen LogP contribution < -0.4 is 10.2 Å². The van der Waals surface area contributed by atoms with E-state index in [9.17, 15) is 13.2 Å². The zero-order valence-electron chi connectivity index (χ0n) is 18.2. The van der Waals surface area contributed by atoms with Crippen molar-refractivity contribution in [3.8, 4) is 0 Å². The van der Waals surface area contributed by atoms with Crippen LogP contribution >= 0.6 is 0 Å². The summed E-state index contributed by atoms with van der Waals surface area (Å²) in [5.41, 5.74) is 1.17. The molecule has 0 radical (unpaired) electrons. The topological polar surface area (TPSA) is 119 Å². The fraction of sp³-hybridized carbons (Fsp3) is 0.217. The molecule has 1 aromatic carbocycles. The molecule has 0 bridgehead atoms. The van der Waals surface area contributed by atoms with Gasteiger partial charge in [-0.1, -0.05) is 12.1 Å². The summed E-state index contributed by atoms with van der Waals surface area (Å²) in [6.07, 6.45) is 7.82. The number of imidazole rings is 1. The molecule has 5 rings (SSSR count). The van der Waals surface area contributed by atoms with Crippen molar-refractivity contribution >= 4 is 27.3 Å². The van der Waals surface area contributed by atoms with E-state index >= 15 is 0 Å². The second kappa shape index (κ2) is 9.20. The molecule has 1 aliphatic rings. The summed E-state index contributed by atoms with van der Waals surface area (Å²) in [5, 5.41) is 2.81. The van der Waals surface area contributed by atoms with Gasteiger partial charge >= 0.3 is 0 Å². The molecule has 0 unspecified atom stereocenters. The number of amides is 1. The standard InChI is InChI=1S/C23H22N6O4S/c30-22(18-14-27-23-24-7-8-29(23)16-18)26-13-17-1-3-19(4-2-17)34(31,32)20-5-6-21(25-15-20)28-9-11-33-12-10-28/h1-8,14-16H,9-13H2,(H,26,30). The number of fused-ring (bicyclic) bond motifs is 1. The molecule has 10 nitrogen and oxygen atoms in total. The van der Waals surface area contributed by atoms with Crippen LogP contribution in [0.2, 0.25) is 0 Å². The second-order valence-electron chi connectivity index (χ2n) is 7.76. The molecule has 11 heteroatoms. The van der Waals surface area contributed by atoms with Gasteiger partial charge in [0.25, 0.3) is 5.91 Å². The van der Waals surface area contributed by atoms with E-state index in [1.807, 2.05) is 0 Å². The Balaban J connectivity index is 1.24. The summed E-state index contributed by atoms with van der Waals surface area (Å²) in [6, 6.07) is 9.72. The Morgan fingerprint density at radius 1 is 0.971 bits per heavy atom. The van der Waals surface area contributed by atoms with Gasteiger partial charge in [-0.05, 0) is 29.8 Å². The molecule has 1 aliphatic heterocycles. The van der Waals surface area contributed by atoms with Gasteiger partial charge in [0.2, 0.25) is 15.6 Å². The first kappa shape index (κ1) is 22.0. The molecular formula is C23H22N6O4S. The molecule has 0 aliphatic carbocycles. The Kier molecular flexibility index (Phi) is 5.95. The molecular weight excluding hydrogens is 456 g/mol. The first-order chi connectivity index (χ1) is 16.5. The van der Waals surface area contributed by atoms with Crippen LogP contribution in [0.5, 0.6) is 0 Å². The maximum absolute atomic E-state index is 13.0. The number of ether oxygens (including phenoxy) is 1. The van der Waals surface area contributed by atoms with Gasteiger partial charge in [0.05, 0.1) is 28.6 Å². The number of nitrogens with zero attached hydrogens (tertiary/aromatic N) is 5. The van der Waals surface area contributed by atoms with Crippen LogP contribution in [0.4, 0.5) is 5.82 Å². The summed E-state index contributed by atoms with van der Waals surface area (Å²) in [4.78, 5) is 27.3. The van der Waals surface area contributed by atoms with Gasteiger partial charge in [-0.25, -0.2) is 23.4 Å². The average molecular weight is 479 g/mol. The number of benzene rings is 1. The maximum Gasteiger partial charge on any atom is 0.254 e. The summed E-state index contributed by atoms with van der Waals surface area (Å²) in [5.74, 6) is 0.959. The zero-order valence-corrected chi connectivity index (χ0v) is 19.0. The molecule has 3 aromatic heterocycles. The Bertz CT molecular complexity index is 1410. The maximum atomic E-state index is 13.0. The van der Waals surface area contributed by atoms with E-state index < -0.39 is 9.84 Å². The van der Waals surface area contributed by atoms with Crippen LogP contribution in [0, 0.1) is 0 Å². The monoisotopic (exact) mass is 478 g/mol. The van der Waals surface area contributed by atoms with Gasteiger partial charge in [-0.15, -0.1) is 0 Å². The van der Waals surface area contributed by atoms with Gasteiger partial charge in [0.1, 0.15) is 5.82 Å². The van der Waals surface area contributed by atoms with E-state index in [1.165, 1.54) is 24.5 Å². The first-order valence-corrected chi connectivity index (χ1v) is 12.2. The summed E-state index contributed by atoms with van der Waals surface area (Å²) < 4.78 is 33.0. The number of rotatable bonds is 6. The lowest BCUT2D eigenvalue weighted by atomic mass is 10.2. The summed E-state index contributed by atoms with van der Waals surface area (Å²) in [7, 11) is -3.70. The third kappa shape index (κ3) is 4.47. The predicted octanol–water partition coefficient (Wildman–Crippen LogP) is 1.72. The normalized spacial score (nSPS) is 14.3. The molecule has 4 heterocycles. The lowest BCUT2D eigenvalue weighted by molar-refractivity contribution is 0.0950. The van der Waals surface area contributed by atoms with Crippen LogP contribution in [-0.2, 0) is 21.1 Å². The van der Waals surface area contributed by atoms with Gasteiger partial charge in [-0.3, -0.25) is 9.20 Å². The molecule has 0 spiro atoms. The minimum atomic E-state index is -3.70. The summed E-state index contributed by atoms with van der Waals surface area (Å²) in [6.45, 7) is 2.96. The second-order valence-corrected chi connectivity index (χ2v) is 9.71. The van der Waals surface area contributed by atoms with E-state index in [2.05, 4.69) is 25.2 Å². The van der Waals surface area contributed by atoms with Crippen molar-refractivity contribution < 1.29 is 17.9 Å². The fourth-order valence-corrected chi connectivity index (χ4v) is 4.86. The van der Waals surface area contributed by atoms with Crippen molar-refractivity contribution in [2.75, 3.05) is 31.2 Å². The van der Waals surface area contributed by atoms with E-state index in [0.717, 1.165) is 24.5 Å². The van der Waals surface area contributed by atoms with Crippen LogP contribution in [0.15, 0.2) is 77.2 Å². The molecule has 1 fully saturated rings. The Morgan fingerprint density at radius 3 is 2.47 bits per heavy atom. The van der Waals surface area contributed by atoms with Crippen molar-refractivity contribution in [1.29, 1.82) is 0 Å². The Morgan fingerprint density at radius 2 is 1.74 bits per heavy atom. The molecule has 1 amide bonds. The quantitative estimate of drug-likeness (QED) is 0.445. The average Bonchev–Trinajstić information content (AvgIpc) is 3.36. The number of carbonyl (C=O) groups excluding carboxylic acids is 1. The number of anilines is 1. The Labute approximate surface area is 196 Å². The van der Waals surface area contributed by atoms with Crippen LogP contribution in [0.3, 0.4) is 0 Å². The zero-order chi connectivity index (χ0) is 23.5. The molecule has 0 atom stereocenters. The van der Waals surface area contributed by atoms with Crippen LogP contribution in [0.25, 0.3) is 5.78 Å². The lowest BCUT2D eigenvalue weighted by Crippen LogP contribution is -2.36. The van der Waals surface area contributed by atoms with Crippen LogP contribution in [-0.4, -0.2) is 60.0 Å². The third-order valence-electron chi connectivity index (χ3n) is 5.56. The van der Waals surface area contributed by atoms with E-state index in [4.69, 9.17) is 4.74 Å². The third-order valence-corrected chi connectivity index (χ3v) is 7.32. The molecule has 34 heavy (non-hydrogen) atoms. The highest BCUT2D eigenvalue weighted by molar-refractivity contribution is 7.91. The van der Waals surface area contributed by atoms with Crippen LogP contribution in [0.1, 0.15) is 15.9 Å². The van der Waals surface area contributed by atoms with E-state index in [0.29, 0.717) is 24.6 Å². The van der Waals surface area contributed by atoms with Crippen molar-refractivity contribution in [3.05, 3.63) is 78.5 Å².